The molecule has 1 unspecified atom stereocenters. The summed E-state index contributed by atoms with van der Waals surface area (Å²) in [6.45, 7) is 7.23. The summed E-state index contributed by atoms with van der Waals surface area (Å²) in [5.74, 6) is 0. The van der Waals surface area contributed by atoms with Crippen molar-refractivity contribution in [2.24, 2.45) is 5.73 Å². The van der Waals surface area contributed by atoms with Gasteiger partial charge in [-0.25, -0.2) is 0 Å². The molecule has 1 aromatic rings. The summed E-state index contributed by atoms with van der Waals surface area (Å²) < 4.78 is 1.12. The van der Waals surface area contributed by atoms with Crippen LogP contribution in [0.4, 0.5) is 0 Å². The van der Waals surface area contributed by atoms with Crippen LogP contribution in [0, 0.1) is 0 Å². The van der Waals surface area contributed by atoms with Gasteiger partial charge in [-0.1, -0.05) is 41.9 Å². The Morgan fingerprint density at radius 3 is 2.31 bits per heavy atom. The highest BCUT2D eigenvalue weighted by Crippen LogP contribution is 2.21. The lowest BCUT2D eigenvalue weighted by Gasteiger charge is -2.29. The van der Waals surface area contributed by atoms with Crippen molar-refractivity contribution in [1.82, 2.24) is 4.90 Å². The largest absolute Gasteiger partial charge is 0.329 e. The Kier molecular flexibility index (Phi) is 6.03. The van der Waals surface area contributed by atoms with E-state index in [4.69, 9.17) is 5.73 Å². The second kappa shape index (κ2) is 7.05. The fraction of sp³-hybridized carbons (Fsp3) is 0.538. The van der Waals surface area contributed by atoms with Crippen molar-refractivity contribution >= 4 is 15.9 Å². The lowest BCUT2D eigenvalue weighted by Crippen LogP contribution is -2.34. The Balaban J connectivity index is 2.83. The first-order chi connectivity index (χ1) is 7.72. The monoisotopic (exact) mass is 284 g/mol. The third-order valence-electron chi connectivity index (χ3n) is 2.84. The number of nitrogens with zero attached hydrogens (tertiary/aromatic N) is 1. The van der Waals surface area contributed by atoms with Crippen molar-refractivity contribution in [3.63, 3.8) is 0 Å². The van der Waals surface area contributed by atoms with Gasteiger partial charge < -0.3 is 5.73 Å². The molecule has 16 heavy (non-hydrogen) atoms. The topological polar surface area (TPSA) is 29.3 Å². The zero-order valence-corrected chi connectivity index (χ0v) is 11.7. The second-order valence-electron chi connectivity index (χ2n) is 3.93. The van der Waals surface area contributed by atoms with Gasteiger partial charge in [0.1, 0.15) is 0 Å². The molecular weight excluding hydrogens is 264 g/mol. The van der Waals surface area contributed by atoms with Gasteiger partial charge in [0, 0.05) is 17.1 Å². The first-order valence-electron chi connectivity index (χ1n) is 5.92. The van der Waals surface area contributed by atoms with Gasteiger partial charge in [-0.05, 0) is 37.2 Å². The minimum absolute atomic E-state index is 0.345. The molecule has 0 amide bonds. The molecule has 0 radical (unpaired) electrons. The predicted molar refractivity (Wildman–Crippen MR) is 73.5 cm³/mol. The molecule has 0 saturated carbocycles. The van der Waals surface area contributed by atoms with Crippen LogP contribution in [0.1, 0.15) is 31.9 Å². The van der Waals surface area contributed by atoms with E-state index < -0.39 is 0 Å². The summed E-state index contributed by atoms with van der Waals surface area (Å²) in [6.07, 6.45) is 1.17. The molecule has 2 nitrogen and oxygen atoms in total. The van der Waals surface area contributed by atoms with Crippen LogP contribution in [-0.2, 0) is 0 Å². The van der Waals surface area contributed by atoms with Crippen molar-refractivity contribution in [3.05, 3.63) is 34.3 Å². The number of nitrogens with two attached hydrogens (primary N) is 1. The third kappa shape index (κ3) is 3.58. The Morgan fingerprint density at radius 1 is 1.25 bits per heavy atom. The van der Waals surface area contributed by atoms with E-state index >= 15 is 0 Å². The standard InChI is InChI=1S/C13H21BrN2/c1-3-9-16(4-2)13(10-15)11-5-7-12(14)8-6-11/h5-8,13H,3-4,9-10,15H2,1-2H3. The Morgan fingerprint density at radius 2 is 1.88 bits per heavy atom. The van der Waals surface area contributed by atoms with Crippen LogP contribution in [0.3, 0.4) is 0 Å². The highest BCUT2D eigenvalue weighted by molar-refractivity contribution is 9.10. The molecule has 3 heteroatoms. The molecule has 0 aliphatic heterocycles. The van der Waals surface area contributed by atoms with Crippen LogP contribution in [0.15, 0.2) is 28.7 Å². The van der Waals surface area contributed by atoms with Crippen molar-refractivity contribution in [1.29, 1.82) is 0 Å². The molecule has 0 saturated heterocycles. The fourth-order valence-corrected chi connectivity index (χ4v) is 2.27. The first-order valence-corrected chi connectivity index (χ1v) is 6.71. The van der Waals surface area contributed by atoms with E-state index in [1.807, 2.05) is 0 Å². The number of likely N-dealkylation sites (N-methyl/N-ethyl adjacent to an activating group) is 1. The summed E-state index contributed by atoms with van der Waals surface area (Å²) in [5, 5.41) is 0. The SMILES string of the molecule is CCCN(CC)C(CN)c1ccc(Br)cc1. The fourth-order valence-electron chi connectivity index (χ4n) is 2.00. The van der Waals surface area contributed by atoms with Gasteiger partial charge in [-0.3, -0.25) is 4.90 Å². The minimum atomic E-state index is 0.345. The van der Waals surface area contributed by atoms with Crippen LogP contribution < -0.4 is 5.73 Å². The molecule has 0 fully saturated rings. The number of hydrogen-bond donors (Lipinski definition) is 1. The molecule has 1 aromatic carbocycles. The maximum Gasteiger partial charge on any atom is 0.0470 e. The molecule has 90 valence electrons. The summed E-state index contributed by atoms with van der Waals surface area (Å²) in [4.78, 5) is 2.43. The van der Waals surface area contributed by atoms with Crippen molar-refractivity contribution in [2.45, 2.75) is 26.3 Å². The van der Waals surface area contributed by atoms with E-state index in [2.05, 4.69) is 58.9 Å². The van der Waals surface area contributed by atoms with E-state index in [1.165, 1.54) is 12.0 Å². The molecule has 0 bridgehead atoms. The van der Waals surface area contributed by atoms with Gasteiger partial charge in [0.25, 0.3) is 0 Å². The normalized spacial score (nSPS) is 13.1. The van der Waals surface area contributed by atoms with Crippen LogP contribution >= 0.6 is 15.9 Å². The number of benzene rings is 1. The quantitative estimate of drug-likeness (QED) is 0.869. The smallest absolute Gasteiger partial charge is 0.0470 e. The predicted octanol–water partition coefficient (Wildman–Crippen LogP) is 3.18. The van der Waals surface area contributed by atoms with Crippen molar-refractivity contribution in [3.8, 4) is 0 Å². The lowest BCUT2D eigenvalue weighted by molar-refractivity contribution is 0.213. The van der Waals surface area contributed by atoms with E-state index in [9.17, 15) is 0 Å². The maximum absolute atomic E-state index is 5.90. The average Bonchev–Trinajstić information content (AvgIpc) is 2.31. The molecule has 0 aliphatic rings. The Bertz CT molecular complexity index is 297. The van der Waals surface area contributed by atoms with Crippen LogP contribution in [-0.4, -0.2) is 24.5 Å². The van der Waals surface area contributed by atoms with E-state index in [0.717, 1.165) is 17.6 Å². The molecule has 0 aliphatic carbocycles. The summed E-state index contributed by atoms with van der Waals surface area (Å²) in [5.41, 5.74) is 7.20. The average molecular weight is 285 g/mol. The zero-order chi connectivity index (χ0) is 12.0. The van der Waals surface area contributed by atoms with E-state index in [-0.39, 0.29) is 0 Å². The van der Waals surface area contributed by atoms with Crippen molar-refractivity contribution < 1.29 is 0 Å². The third-order valence-corrected chi connectivity index (χ3v) is 3.36. The van der Waals surface area contributed by atoms with E-state index in [1.54, 1.807) is 0 Å². The number of hydrogen-bond acceptors (Lipinski definition) is 2. The van der Waals surface area contributed by atoms with Gasteiger partial charge in [0.15, 0.2) is 0 Å². The van der Waals surface area contributed by atoms with Gasteiger partial charge in [0.05, 0.1) is 0 Å². The van der Waals surface area contributed by atoms with Crippen LogP contribution in [0.5, 0.6) is 0 Å². The van der Waals surface area contributed by atoms with Crippen LogP contribution in [0.2, 0.25) is 0 Å². The van der Waals surface area contributed by atoms with Gasteiger partial charge in [-0.2, -0.15) is 0 Å². The second-order valence-corrected chi connectivity index (χ2v) is 4.85. The van der Waals surface area contributed by atoms with Gasteiger partial charge >= 0.3 is 0 Å². The highest BCUT2D eigenvalue weighted by Gasteiger charge is 2.16. The van der Waals surface area contributed by atoms with Crippen LogP contribution in [0.25, 0.3) is 0 Å². The van der Waals surface area contributed by atoms with Gasteiger partial charge in [0.2, 0.25) is 0 Å². The Labute approximate surface area is 107 Å². The zero-order valence-electron chi connectivity index (χ0n) is 10.1. The maximum atomic E-state index is 5.90. The minimum Gasteiger partial charge on any atom is -0.329 e. The molecule has 1 atom stereocenters. The number of rotatable bonds is 6. The molecular formula is C13H21BrN2. The van der Waals surface area contributed by atoms with E-state index in [0.29, 0.717) is 12.6 Å². The summed E-state index contributed by atoms with van der Waals surface area (Å²) in [6, 6.07) is 8.81. The molecule has 2 N–H and O–H groups in total. The summed E-state index contributed by atoms with van der Waals surface area (Å²) >= 11 is 3.46. The molecule has 1 rings (SSSR count). The summed E-state index contributed by atoms with van der Waals surface area (Å²) in [7, 11) is 0. The number of halogens is 1. The highest BCUT2D eigenvalue weighted by atomic mass is 79.9. The van der Waals surface area contributed by atoms with Gasteiger partial charge in [-0.15, -0.1) is 0 Å². The lowest BCUT2D eigenvalue weighted by atomic mass is 10.1. The molecule has 0 heterocycles. The molecule has 0 aromatic heterocycles. The molecule has 0 spiro atoms. The van der Waals surface area contributed by atoms with Crippen molar-refractivity contribution in [2.75, 3.05) is 19.6 Å². The Hall–Kier alpha value is -0.380. The first kappa shape index (κ1) is 13.7.